The first-order valence-corrected chi connectivity index (χ1v) is 7.07. The number of rotatable bonds is 3. The van der Waals surface area contributed by atoms with E-state index in [0.29, 0.717) is 16.6 Å². The number of alkyl halides is 3. The van der Waals surface area contributed by atoms with Gasteiger partial charge in [-0.15, -0.1) is 0 Å². The summed E-state index contributed by atoms with van der Waals surface area (Å²) < 4.78 is 44.4. The minimum absolute atomic E-state index is 0.285. The monoisotopic (exact) mass is 349 g/mol. The van der Waals surface area contributed by atoms with Crippen molar-refractivity contribution >= 4 is 15.9 Å². The number of ether oxygens (including phenoxy) is 1. The van der Waals surface area contributed by atoms with Crippen LogP contribution in [0.15, 0.2) is 34.5 Å². The number of nitrogens with one attached hydrogen (secondary N) is 1. The van der Waals surface area contributed by atoms with Crippen LogP contribution in [-0.4, -0.2) is 13.7 Å². The van der Waals surface area contributed by atoms with Gasteiger partial charge in [0.15, 0.2) is 0 Å². The van der Waals surface area contributed by atoms with Gasteiger partial charge in [-0.2, -0.15) is 13.2 Å². The highest BCUT2D eigenvalue weighted by Gasteiger charge is 2.32. The second-order valence-electron chi connectivity index (χ2n) is 4.62. The smallest absolute Gasteiger partial charge is 0.416 e. The molecule has 6 heteroatoms. The molecule has 0 radical (unpaired) electrons. The summed E-state index contributed by atoms with van der Waals surface area (Å²) in [5.41, 5.74) is 0.881. The van der Waals surface area contributed by atoms with Gasteiger partial charge in [0.1, 0.15) is 0 Å². The van der Waals surface area contributed by atoms with Crippen LogP contribution >= 0.6 is 15.9 Å². The lowest BCUT2D eigenvalue weighted by Crippen LogP contribution is -2.22. The molecule has 1 unspecified atom stereocenters. The molecule has 0 saturated heterocycles. The zero-order chi connectivity index (χ0) is 14.8. The molecule has 0 fully saturated rings. The molecule has 1 aromatic carbocycles. The van der Waals surface area contributed by atoms with Crippen molar-refractivity contribution in [3.05, 3.63) is 45.6 Å². The van der Waals surface area contributed by atoms with Crippen molar-refractivity contribution in [2.24, 2.45) is 0 Å². The number of hydrogen-bond donors (Lipinski definition) is 1. The molecule has 20 heavy (non-hydrogen) atoms. The number of hydrogen-bond acceptors (Lipinski definition) is 2. The van der Waals surface area contributed by atoms with Crippen molar-refractivity contribution in [3.63, 3.8) is 0 Å². The molecule has 1 heterocycles. The van der Waals surface area contributed by atoms with E-state index in [1.54, 1.807) is 13.3 Å². The van der Waals surface area contributed by atoms with Crippen LogP contribution in [-0.2, 0) is 10.9 Å². The van der Waals surface area contributed by atoms with Crippen LogP contribution in [0, 0.1) is 0 Å². The molecular weight excluding hydrogens is 335 g/mol. The number of halogens is 4. The van der Waals surface area contributed by atoms with Crippen LogP contribution in [0.1, 0.15) is 30.0 Å². The first-order chi connectivity index (χ1) is 9.43. The summed E-state index contributed by atoms with van der Waals surface area (Å²) >= 11 is 3.33. The summed E-state index contributed by atoms with van der Waals surface area (Å²) in [7, 11) is 1.73. The van der Waals surface area contributed by atoms with E-state index in [4.69, 9.17) is 4.74 Å². The quantitative estimate of drug-likeness (QED) is 0.871. The maximum absolute atomic E-state index is 12.8. The van der Waals surface area contributed by atoms with E-state index in [9.17, 15) is 13.2 Å². The molecule has 2 rings (SSSR count). The second-order valence-corrected chi connectivity index (χ2v) is 5.48. The number of likely N-dealkylation sites (N-methyl/N-ethyl adjacent to an activating group) is 1. The summed E-state index contributed by atoms with van der Waals surface area (Å²) in [6, 6.07) is 3.41. The minimum atomic E-state index is -4.34. The van der Waals surface area contributed by atoms with E-state index in [1.165, 1.54) is 12.1 Å². The molecular formula is C14H15BrF3NO. The molecule has 0 spiro atoms. The summed E-state index contributed by atoms with van der Waals surface area (Å²) in [5, 5.41) is 3.06. The topological polar surface area (TPSA) is 21.3 Å². The van der Waals surface area contributed by atoms with Gasteiger partial charge < -0.3 is 10.1 Å². The second kappa shape index (κ2) is 6.18. The Morgan fingerprint density at radius 2 is 2.10 bits per heavy atom. The van der Waals surface area contributed by atoms with Crippen molar-refractivity contribution in [3.8, 4) is 0 Å². The highest BCUT2D eigenvalue weighted by atomic mass is 79.9. The van der Waals surface area contributed by atoms with Crippen LogP contribution in [0.5, 0.6) is 0 Å². The zero-order valence-corrected chi connectivity index (χ0v) is 12.5. The van der Waals surface area contributed by atoms with E-state index in [1.807, 2.05) is 0 Å². The van der Waals surface area contributed by atoms with Gasteiger partial charge in [-0.05, 0) is 49.2 Å². The average molecular weight is 350 g/mol. The molecule has 1 aromatic rings. The zero-order valence-electron chi connectivity index (χ0n) is 10.9. The van der Waals surface area contributed by atoms with Crippen molar-refractivity contribution in [2.75, 3.05) is 13.7 Å². The van der Waals surface area contributed by atoms with Gasteiger partial charge in [0.25, 0.3) is 0 Å². The third-order valence-electron chi connectivity index (χ3n) is 3.26. The van der Waals surface area contributed by atoms with Gasteiger partial charge in [0.05, 0.1) is 24.5 Å². The van der Waals surface area contributed by atoms with Crippen molar-refractivity contribution in [2.45, 2.75) is 25.1 Å². The van der Waals surface area contributed by atoms with E-state index in [2.05, 4.69) is 21.2 Å². The molecule has 1 atom stereocenters. The fraction of sp³-hybridized carbons (Fsp3) is 0.429. The Balaban J connectivity index is 2.40. The SMILES string of the molecule is CNC(C1=COCCC1)c1cc(C(F)(F)F)ccc1Br. The first kappa shape index (κ1) is 15.4. The maximum Gasteiger partial charge on any atom is 0.416 e. The van der Waals surface area contributed by atoms with Gasteiger partial charge in [-0.1, -0.05) is 15.9 Å². The van der Waals surface area contributed by atoms with Gasteiger partial charge in [-0.25, -0.2) is 0 Å². The molecule has 0 amide bonds. The summed E-state index contributed by atoms with van der Waals surface area (Å²) in [5.74, 6) is 0. The van der Waals surface area contributed by atoms with Crippen molar-refractivity contribution < 1.29 is 17.9 Å². The molecule has 1 N–H and O–H groups in total. The Bertz CT molecular complexity index is 514. The number of benzene rings is 1. The molecule has 0 saturated carbocycles. The Hall–Kier alpha value is -1.01. The molecule has 0 aromatic heterocycles. The van der Waals surface area contributed by atoms with Gasteiger partial charge in [0, 0.05) is 4.47 Å². The molecule has 1 aliphatic rings. The van der Waals surface area contributed by atoms with E-state index < -0.39 is 11.7 Å². The van der Waals surface area contributed by atoms with Crippen LogP contribution in [0.4, 0.5) is 13.2 Å². The van der Waals surface area contributed by atoms with E-state index >= 15 is 0 Å². The van der Waals surface area contributed by atoms with Crippen LogP contribution in [0.3, 0.4) is 0 Å². The summed E-state index contributed by atoms with van der Waals surface area (Å²) in [6.45, 7) is 0.656. The average Bonchev–Trinajstić information content (AvgIpc) is 2.41. The highest BCUT2D eigenvalue weighted by molar-refractivity contribution is 9.10. The van der Waals surface area contributed by atoms with Crippen LogP contribution in [0.25, 0.3) is 0 Å². The van der Waals surface area contributed by atoms with Crippen molar-refractivity contribution in [1.29, 1.82) is 0 Å². The fourth-order valence-corrected chi connectivity index (χ4v) is 2.75. The highest BCUT2D eigenvalue weighted by Crippen LogP contribution is 2.37. The first-order valence-electron chi connectivity index (χ1n) is 6.28. The lowest BCUT2D eigenvalue weighted by Gasteiger charge is -2.25. The largest absolute Gasteiger partial charge is 0.501 e. The Kier molecular flexibility index (Phi) is 4.75. The van der Waals surface area contributed by atoms with Crippen LogP contribution in [0.2, 0.25) is 0 Å². The third-order valence-corrected chi connectivity index (χ3v) is 3.98. The van der Waals surface area contributed by atoms with Crippen LogP contribution < -0.4 is 5.32 Å². The fourth-order valence-electron chi connectivity index (χ4n) is 2.28. The lowest BCUT2D eigenvalue weighted by atomic mass is 9.94. The molecule has 0 bridgehead atoms. The molecule has 2 nitrogen and oxygen atoms in total. The lowest BCUT2D eigenvalue weighted by molar-refractivity contribution is -0.137. The van der Waals surface area contributed by atoms with Gasteiger partial charge in [-0.3, -0.25) is 0 Å². The summed E-state index contributed by atoms with van der Waals surface area (Å²) in [4.78, 5) is 0. The summed E-state index contributed by atoms with van der Waals surface area (Å²) in [6.07, 6.45) is -1.00. The van der Waals surface area contributed by atoms with Gasteiger partial charge >= 0.3 is 6.18 Å². The third kappa shape index (κ3) is 3.35. The maximum atomic E-state index is 12.8. The standard InChI is InChI=1S/C14H15BrF3NO/c1-19-13(9-3-2-6-20-8-9)11-7-10(14(16,17)18)4-5-12(11)15/h4-5,7-8,13,19H,2-3,6H2,1H3. The Labute approximate surface area is 124 Å². The Morgan fingerprint density at radius 3 is 2.65 bits per heavy atom. The predicted octanol–water partition coefficient (Wildman–Crippen LogP) is 4.42. The molecule has 110 valence electrons. The Morgan fingerprint density at radius 1 is 1.35 bits per heavy atom. The molecule has 1 aliphatic heterocycles. The van der Waals surface area contributed by atoms with Gasteiger partial charge in [0.2, 0.25) is 0 Å². The normalized spacial score (nSPS) is 17.4. The molecule has 0 aliphatic carbocycles. The predicted molar refractivity (Wildman–Crippen MR) is 74.2 cm³/mol. The van der Waals surface area contributed by atoms with Crippen molar-refractivity contribution in [1.82, 2.24) is 5.32 Å². The minimum Gasteiger partial charge on any atom is -0.501 e. The van der Waals surface area contributed by atoms with E-state index in [0.717, 1.165) is 24.5 Å². The van der Waals surface area contributed by atoms with E-state index in [-0.39, 0.29) is 6.04 Å².